The molecule has 5 unspecified atom stereocenters. The molecule has 158 valence electrons. The Kier molecular flexibility index (Phi) is 5.17. The number of ketones is 1. The van der Waals surface area contributed by atoms with E-state index >= 15 is 0 Å². The number of carboxylic acid groups (broad SMARTS) is 1. The topological polar surface area (TPSA) is 74.6 Å². The van der Waals surface area contributed by atoms with E-state index < -0.39 is 5.97 Å². The van der Waals surface area contributed by atoms with Crippen LogP contribution in [0, 0.1) is 46.3 Å². The average molecular weight is 391 g/mol. The van der Waals surface area contributed by atoms with Gasteiger partial charge in [0.1, 0.15) is 5.78 Å². The molecule has 2 N–H and O–H groups in total. The Balaban J connectivity index is 1.56. The molecule has 4 aliphatic rings. The van der Waals surface area contributed by atoms with Crippen LogP contribution in [-0.2, 0) is 9.59 Å². The van der Waals surface area contributed by atoms with Crippen LogP contribution in [0.5, 0.6) is 0 Å². The first kappa shape index (κ1) is 20.4. The lowest BCUT2D eigenvalue weighted by Crippen LogP contribution is -2.57. The average Bonchev–Trinajstić information content (AvgIpc) is 2.98. The second kappa shape index (κ2) is 7.11. The lowest BCUT2D eigenvalue weighted by atomic mass is 9.44. The highest BCUT2D eigenvalue weighted by atomic mass is 16.4. The van der Waals surface area contributed by atoms with E-state index in [9.17, 15) is 14.7 Å². The summed E-state index contributed by atoms with van der Waals surface area (Å²) in [6.07, 6.45) is 8.81. The second-order valence-electron chi connectivity index (χ2n) is 11.2. The van der Waals surface area contributed by atoms with Gasteiger partial charge in [-0.25, -0.2) is 0 Å². The number of carboxylic acids is 1. The maximum Gasteiger partial charge on any atom is 0.303 e. The van der Waals surface area contributed by atoms with Gasteiger partial charge >= 0.3 is 5.97 Å². The van der Waals surface area contributed by atoms with Gasteiger partial charge in [-0.3, -0.25) is 9.59 Å². The Morgan fingerprint density at radius 3 is 2.50 bits per heavy atom. The van der Waals surface area contributed by atoms with Crippen LogP contribution < -0.4 is 0 Å². The molecular formula is C24H38O4. The molecule has 4 aliphatic carbocycles. The number of Topliss-reactive ketones (excluding diaryl/α,β-unsaturated/α-hetero) is 1. The third kappa shape index (κ3) is 3.05. The van der Waals surface area contributed by atoms with E-state index in [1.165, 1.54) is 6.42 Å². The number of carbonyl (C=O) groups excluding carboxylic acids is 1. The van der Waals surface area contributed by atoms with Crippen LogP contribution in [0.1, 0.15) is 85.0 Å². The van der Waals surface area contributed by atoms with E-state index in [-0.39, 0.29) is 29.3 Å². The standard InChI is InChI=1S/C24H38O4/c1-14(4-7-21(27)28)17-5-6-18-22-19(9-11-24(17,18)3)23(2)10-8-16(25)12-15(23)13-20(22)26/h14-19,22,25H,4-13H2,1-3H3,(H,27,28)/t14-,15+,16-,17?,18?,19?,22?,23+,24?/m1/s1. The van der Waals surface area contributed by atoms with Crippen molar-refractivity contribution in [2.45, 2.75) is 91.1 Å². The molecule has 0 aliphatic heterocycles. The first-order valence-electron chi connectivity index (χ1n) is 11.6. The fourth-order valence-corrected chi connectivity index (χ4v) is 8.44. The maximum absolute atomic E-state index is 13.3. The molecule has 0 aromatic rings. The highest BCUT2D eigenvalue weighted by Gasteiger charge is 2.62. The predicted molar refractivity (Wildman–Crippen MR) is 108 cm³/mol. The summed E-state index contributed by atoms with van der Waals surface area (Å²) in [5.41, 5.74) is 0.401. The van der Waals surface area contributed by atoms with Gasteiger partial charge in [-0.1, -0.05) is 20.8 Å². The third-order valence-electron chi connectivity index (χ3n) is 10.0. The van der Waals surface area contributed by atoms with Crippen molar-refractivity contribution in [3.05, 3.63) is 0 Å². The van der Waals surface area contributed by atoms with Gasteiger partial charge in [0.15, 0.2) is 0 Å². The van der Waals surface area contributed by atoms with Crippen LogP contribution in [0.25, 0.3) is 0 Å². The molecule has 4 heteroatoms. The first-order chi connectivity index (χ1) is 13.2. The number of aliphatic hydroxyl groups excluding tert-OH is 1. The molecule has 0 aromatic carbocycles. The van der Waals surface area contributed by atoms with Crippen molar-refractivity contribution in [2.24, 2.45) is 46.3 Å². The van der Waals surface area contributed by atoms with Gasteiger partial charge < -0.3 is 10.2 Å². The molecule has 4 fully saturated rings. The Bertz CT molecular complexity index is 645. The molecule has 0 aromatic heterocycles. The number of hydrogen-bond acceptors (Lipinski definition) is 3. The van der Waals surface area contributed by atoms with Crippen molar-refractivity contribution in [3.8, 4) is 0 Å². The SMILES string of the molecule is C[C@H](CCC(=O)O)C1CCC2C3C(=O)C[C@@H]4C[C@H](O)CC[C@]4(C)C3CCC21C. The molecule has 0 saturated heterocycles. The Morgan fingerprint density at radius 2 is 1.79 bits per heavy atom. The van der Waals surface area contributed by atoms with Crippen LogP contribution in [0.2, 0.25) is 0 Å². The number of aliphatic carboxylic acids is 1. The van der Waals surface area contributed by atoms with Gasteiger partial charge in [-0.05, 0) is 91.8 Å². The van der Waals surface area contributed by atoms with Crippen LogP contribution in [0.3, 0.4) is 0 Å². The maximum atomic E-state index is 13.3. The van der Waals surface area contributed by atoms with Gasteiger partial charge in [-0.15, -0.1) is 0 Å². The summed E-state index contributed by atoms with van der Waals surface area (Å²) in [5, 5.41) is 19.3. The minimum atomic E-state index is -0.698. The molecule has 0 radical (unpaired) electrons. The zero-order valence-electron chi connectivity index (χ0n) is 17.8. The first-order valence-corrected chi connectivity index (χ1v) is 11.6. The molecule has 4 rings (SSSR count). The Labute approximate surface area is 169 Å². The van der Waals surface area contributed by atoms with Crippen molar-refractivity contribution in [1.82, 2.24) is 0 Å². The highest BCUT2D eigenvalue weighted by Crippen LogP contribution is 2.67. The quantitative estimate of drug-likeness (QED) is 0.730. The molecule has 9 atom stereocenters. The summed E-state index contributed by atoms with van der Waals surface area (Å²) < 4.78 is 0. The molecule has 4 nitrogen and oxygen atoms in total. The number of carbonyl (C=O) groups is 2. The lowest BCUT2D eigenvalue weighted by molar-refractivity contribution is -0.160. The van der Waals surface area contributed by atoms with Crippen LogP contribution in [-0.4, -0.2) is 28.1 Å². The summed E-state index contributed by atoms with van der Waals surface area (Å²) in [7, 11) is 0. The largest absolute Gasteiger partial charge is 0.481 e. The summed E-state index contributed by atoms with van der Waals surface area (Å²) >= 11 is 0. The van der Waals surface area contributed by atoms with Crippen molar-refractivity contribution < 1.29 is 19.8 Å². The summed E-state index contributed by atoms with van der Waals surface area (Å²) in [5.74, 6) is 2.25. The minimum Gasteiger partial charge on any atom is -0.481 e. The molecule has 0 heterocycles. The van der Waals surface area contributed by atoms with Crippen molar-refractivity contribution in [1.29, 1.82) is 0 Å². The van der Waals surface area contributed by atoms with Gasteiger partial charge in [-0.2, -0.15) is 0 Å². The summed E-state index contributed by atoms with van der Waals surface area (Å²) in [4.78, 5) is 24.4. The van der Waals surface area contributed by atoms with E-state index in [2.05, 4.69) is 20.8 Å². The molecule has 0 amide bonds. The third-order valence-corrected chi connectivity index (χ3v) is 10.0. The van der Waals surface area contributed by atoms with Gasteiger partial charge in [0.05, 0.1) is 6.10 Å². The summed E-state index contributed by atoms with van der Waals surface area (Å²) in [6.45, 7) is 7.06. The van der Waals surface area contributed by atoms with E-state index in [0.717, 1.165) is 44.9 Å². The van der Waals surface area contributed by atoms with Crippen LogP contribution >= 0.6 is 0 Å². The number of hydrogen-bond donors (Lipinski definition) is 2. The molecule has 0 spiro atoms. The van der Waals surface area contributed by atoms with Gasteiger partial charge in [0.2, 0.25) is 0 Å². The van der Waals surface area contributed by atoms with E-state index in [4.69, 9.17) is 5.11 Å². The normalized spacial score (nSPS) is 49.1. The van der Waals surface area contributed by atoms with Gasteiger partial charge in [0, 0.05) is 18.8 Å². The zero-order chi connectivity index (χ0) is 20.3. The fourth-order valence-electron chi connectivity index (χ4n) is 8.44. The summed E-state index contributed by atoms with van der Waals surface area (Å²) in [6, 6.07) is 0. The van der Waals surface area contributed by atoms with Crippen molar-refractivity contribution >= 4 is 11.8 Å². The predicted octanol–water partition coefficient (Wildman–Crippen LogP) is 4.69. The Morgan fingerprint density at radius 1 is 1.11 bits per heavy atom. The van der Waals surface area contributed by atoms with E-state index in [1.807, 2.05) is 0 Å². The molecule has 28 heavy (non-hydrogen) atoms. The van der Waals surface area contributed by atoms with E-state index in [1.54, 1.807) is 0 Å². The number of aliphatic hydroxyl groups is 1. The smallest absolute Gasteiger partial charge is 0.303 e. The highest BCUT2D eigenvalue weighted by molar-refractivity contribution is 5.83. The van der Waals surface area contributed by atoms with Crippen LogP contribution in [0.15, 0.2) is 0 Å². The monoisotopic (exact) mass is 390 g/mol. The Hall–Kier alpha value is -0.900. The molecule has 0 bridgehead atoms. The lowest BCUT2D eigenvalue weighted by Gasteiger charge is -2.60. The number of fused-ring (bicyclic) bond motifs is 5. The van der Waals surface area contributed by atoms with E-state index in [0.29, 0.717) is 41.8 Å². The molecule has 4 saturated carbocycles. The fraction of sp³-hybridized carbons (Fsp3) is 0.917. The van der Waals surface area contributed by atoms with Crippen molar-refractivity contribution in [2.75, 3.05) is 0 Å². The van der Waals surface area contributed by atoms with Crippen LogP contribution in [0.4, 0.5) is 0 Å². The van der Waals surface area contributed by atoms with Crippen molar-refractivity contribution in [3.63, 3.8) is 0 Å². The number of rotatable bonds is 4. The second-order valence-corrected chi connectivity index (χ2v) is 11.2. The van der Waals surface area contributed by atoms with Gasteiger partial charge in [0.25, 0.3) is 0 Å². The molecular weight excluding hydrogens is 352 g/mol. The minimum absolute atomic E-state index is 0.187. The zero-order valence-corrected chi connectivity index (χ0v) is 17.8.